The molecule has 5 nitrogen and oxygen atoms in total. The highest BCUT2D eigenvalue weighted by Crippen LogP contribution is 2.42. The smallest absolute Gasteiger partial charge is 0.463 e. The topological polar surface area (TPSA) is 41.9 Å². The first-order valence-corrected chi connectivity index (χ1v) is 16.3. The fourth-order valence-electron chi connectivity index (χ4n) is 6.37. The lowest BCUT2D eigenvalue weighted by Gasteiger charge is -2.32. The highest BCUT2D eigenvalue weighted by molar-refractivity contribution is 6.63. The van der Waals surface area contributed by atoms with Crippen LogP contribution in [-0.4, -0.2) is 35.8 Å². The maximum atomic E-state index is 6.93. The molecule has 0 saturated carbocycles. The molecular weight excluding hydrogens is 545 g/mol. The Balaban J connectivity index is 1.68. The number of aryl methyl sites for hydroxylation is 1. The normalized spacial score (nSPS) is 20.5. The molecule has 0 N–H and O–H groups in total. The molecule has 234 valence electrons. The Morgan fingerprint density at radius 1 is 0.773 bits per heavy atom. The van der Waals surface area contributed by atoms with E-state index in [0.717, 1.165) is 41.7 Å². The van der Waals surface area contributed by atoms with E-state index in [-0.39, 0.29) is 17.1 Å². The van der Waals surface area contributed by atoms with Gasteiger partial charge in [0.1, 0.15) is 5.75 Å². The van der Waals surface area contributed by atoms with E-state index in [1.54, 1.807) is 0 Å². The van der Waals surface area contributed by atoms with Crippen LogP contribution in [0.2, 0.25) is 0 Å². The largest absolute Gasteiger partial charge is 0.498 e. The average Bonchev–Trinajstić information content (AvgIpc) is 3.37. The molecule has 44 heavy (non-hydrogen) atoms. The van der Waals surface area contributed by atoms with E-state index in [0.29, 0.717) is 6.61 Å². The van der Waals surface area contributed by atoms with Gasteiger partial charge in [0, 0.05) is 22.7 Å². The Kier molecular flexibility index (Phi) is 7.55. The molecule has 0 radical (unpaired) electrons. The van der Waals surface area contributed by atoms with E-state index in [1.165, 1.54) is 32.9 Å². The third-order valence-electron chi connectivity index (χ3n) is 9.88. The molecule has 2 aliphatic rings. The predicted molar refractivity (Wildman–Crippen MR) is 183 cm³/mol. The highest BCUT2D eigenvalue weighted by atomic mass is 16.7. The minimum Gasteiger partial charge on any atom is -0.463 e. The van der Waals surface area contributed by atoms with Crippen LogP contribution >= 0.6 is 0 Å². The maximum Gasteiger partial charge on any atom is 0.498 e. The fraction of sp³-hybridized carbons (Fsp3) is 0.526. The summed E-state index contributed by atoms with van der Waals surface area (Å²) in [5.74, 6) is 0.766. The number of hydrogen-bond donors (Lipinski definition) is 0. The van der Waals surface area contributed by atoms with E-state index in [4.69, 9.17) is 18.8 Å². The van der Waals surface area contributed by atoms with E-state index < -0.39 is 18.3 Å². The molecule has 3 aromatic carbocycles. The van der Waals surface area contributed by atoms with Gasteiger partial charge in [-0.25, -0.2) is 0 Å². The summed E-state index contributed by atoms with van der Waals surface area (Å²) in [6, 6.07) is 18.3. The molecule has 4 aromatic rings. The Morgan fingerprint density at radius 3 is 1.80 bits per heavy atom. The van der Waals surface area contributed by atoms with Gasteiger partial charge in [0.2, 0.25) is 0 Å². The lowest BCUT2D eigenvalue weighted by Crippen LogP contribution is -2.41. The van der Waals surface area contributed by atoms with Gasteiger partial charge in [0.05, 0.1) is 34.5 Å². The fourth-order valence-corrected chi connectivity index (χ4v) is 6.37. The Bertz CT molecular complexity index is 1630. The SMILES string of the molecule is Cc1cc(B2OC(C)(C)C(C)(C)O2)c(OC2CCCCO2)c(-n2c3cc(C(C)(C)C)ccc3c3ccc(C(C)(C)C)cc32)c1. The molecule has 0 spiro atoms. The second-order valence-electron chi connectivity index (χ2n) is 16.0. The standard InChI is InChI=1S/C38H50BNO4/c1-24-20-29(39-43-37(8,9)38(10,11)44-39)34(42-33-14-12-13-19-41-33)32(21-24)40-30-22-25(35(2,3)4)15-17-27(30)28-18-16-26(23-31(28)40)36(5,6)7/h15-18,20-23,33H,12-14,19H2,1-11H3. The molecule has 1 aromatic heterocycles. The number of fused-ring (bicyclic) bond motifs is 3. The van der Waals surface area contributed by atoms with Crippen molar-refractivity contribution in [3.8, 4) is 11.4 Å². The Hall–Kier alpha value is -2.80. The van der Waals surface area contributed by atoms with Crippen molar-refractivity contribution in [1.29, 1.82) is 0 Å². The van der Waals surface area contributed by atoms with Crippen LogP contribution < -0.4 is 10.2 Å². The van der Waals surface area contributed by atoms with Crippen molar-refractivity contribution in [2.45, 2.75) is 124 Å². The van der Waals surface area contributed by atoms with Crippen LogP contribution in [0, 0.1) is 6.92 Å². The minimum atomic E-state index is -0.569. The molecule has 2 fully saturated rings. The zero-order valence-electron chi connectivity index (χ0n) is 28.7. The summed E-state index contributed by atoms with van der Waals surface area (Å²) >= 11 is 0. The number of nitrogens with zero attached hydrogens (tertiary/aromatic N) is 1. The van der Waals surface area contributed by atoms with Crippen LogP contribution in [0.5, 0.6) is 5.75 Å². The summed E-state index contributed by atoms with van der Waals surface area (Å²) in [7, 11) is -0.569. The van der Waals surface area contributed by atoms with Crippen LogP contribution in [0.15, 0.2) is 48.5 Å². The van der Waals surface area contributed by atoms with Gasteiger partial charge >= 0.3 is 7.12 Å². The number of hydrogen-bond acceptors (Lipinski definition) is 4. The van der Waals surface area contributed by atoms with Gasteiger partial charge in [-0.3, -0.25) is 0 Å². The second kappa shape index (κ2) is 10.6. The molecule has 3 heterocycles. The molecule has 0 amide bonds. The third kappa shape index (κ3) is 5.48. The van der Waals surface area contributed by atoms with Gasteiger partial charge < -0.3 is 23.3 Å². The van der Waals surface area contributed by atoms with Crippen molar-refractivity contribution in [3.63, 3.8) is 0 Å². The van der Waals surface area contributed by atoms with E-state index in [1.807, 2.05) is 0 Å². The van der Waals surface area contributed by atoms with Crippen molar-refractivity contribution in [2.75, 3.05) is 6.61 Å². The number of benzene rings is 3. The van der Waals surface area contributed by atoms with Gasteiger partial charge in [-0.2, -0.15) is 0 Å². The van der Waals surface area contributed by atoms with Gasteiger partial charge in [-0.05, 0) is 93.2 Å². The van der Waals surface area contributed by atoms with Crippen molar-refractivity contribution in [2.24, 2.45) is 0 Å². The second-order valence-corrected chi connectivity index (χ2v) is 16.0. The summed E-state index contributed by atoms with van der Waals surface area (Å²) in [6.45, 7) is 24.9. The number of aromatic nitrogens is 1. The maximum absolute atomic E-state index is 6.93. The number of rotatable bonds is 4. The van der Waals surface area contributed by atoms with E-state index in [2.05, 4.69) is 129 Å². The molecule has 6 heteroatoms. The zero-order chi connectivity index (χ0) is 31.8. The minimum absolute atomic E-state index is 0.00176. The first-order chi connectivity index (χ1) is 20.5. The lowest BCUT2D eigenvalue weighted by atomic mass is 9.77. The van der Waals surface area contributed by atoms with Crippen LogP contribution in [-0.2, 0) is 24.9 Å². The quantitative estimate of drug-likeness (QED) is 0.221. The van der Waals surface area contributed by atoms with Crippen LogP contribution in [0.4, 0.5) is 0 Å². The van der Waals surface area contributed by atoms with Gasteiger partial charge in [0.15, 0.2) is 6.29 Å². The molecule has 1 atom stereocenters. The van der Waals surface area contributed by atoms with Gasteiger partial charge in [-0.1, -0.05) is 71.9 Å². The third-order valence-corrected chi connectivity index (χ3v) is 9.88. The first-order valence-electron chi connectivity index (χ1n) is 16.3. The number of ether oxygens (including phenoxy) is 2. The summed E-state index contributed by atoms with van der Waals surface area (Å²) in [4.78, 5) is 0. The molecule has 1 unspecified atom stereocenters. The van der Waals surface area contributed by atoms with Gasteiger partial charge in [-0.15, -0.1) is 0 Å². The molecule has 2 saturated heterocycles. The van der Waals surface area contributed by atoms with Crippen LogP contribution in [0.3, 0.4) is 0 Å². The van der Waals surface area contributed by atoms with Crippen molar-refractivity contribution < 1.29 is 18.8 Å². The Labute approximate surface area is 264 Å². The Morgan fingerprint density at radius 2 is 1.32 bits per heavy atom. The lowest BCUT2D eigenvalue weighted by molar-refractivity contribution is -0.105. The summed E-state index contributed by atoms with van der Waals surface area (Å²) < 4.78 is 28.8. The zero-order valence-corrected chi connectivity index (χ0v) is 28.7. The van der Waals surface area contributed by atoms with E-state index in [9.17, 15) is 0 Å². The first kappa shape index (κ1) is 31.2. The summed E-state index contributed by atoms with van der Waals surface area (Å²) in [5, 5.41) is 2.46. The average molecular weight is 596 g/mol. The highest BCUT2D eigenvalue weighted by Gasteiger charge is 2.53. The van der Waals surface area contributed by atoms with Crippen molar-refractivity contribution in [1.82, 2.24) is 4.57 Å². The van der Waals surface area contributed by atoms with Crippen LogP contribution in [0.1, 0.15) is 105 Å². The van der Waals surface area contributed by atoms with E-state index >= 15 is 0 Å². The molecule has 2 aliphatic heterocycles. The monoisotopic (exact) mass is 595 g/mol. The molecule has 0 aliphatic carbocycles. The van der Waals surface area contributed by atoms with Crippen LogP contribution in [0.25, 0.3) is 27.5 Å². The molecule has 6 rings (SSSR count). The molecular formula is C38H50BNO4. The van der Waals surface area contributed by atoms with Crippen molar-refractivity contribution in [3.05, 3.63) is 65.2 Å². The van der Waals surface area contributed by atoms with Crippen molar-refractivity contribution >= 4 is 34.4 Å². The van der Waals surface area contributed by atoms with Gasteiger partial charge in [0.25, 0.3) is 0 Å². The summed E-state index contributed by atoms with van der Waals surface area (Å²) in [6.07, 6.45) is 2.67. The predicted octanol–water partition coefficient (Wildman–Crippen LogP) is 8.89. The summed E-state index contributed by atoms with van der Waals surface area (Å²) in [5.41, 5.74) is 6.98. The molecule has 0 bridgehead atoms.